The molecular formula is C36H70F5N5. The number of halogens is 5. The van der Waals surface area contributed by atoms with Gasteiger partial charge in [-0.15, -0.1) is 0 Å². The highest BCUT2D eigenvalue weighted by Crippen LogP contribution is 2.48. The van der Waals surface area contributed by atoms with Gasteiger partial charge in [0, 0.05) is 76.0 Å². The fraction of sp³-hybridized carbons (Fsp3) is 1.00. The van der Waals surface area contributed by atoms with Crippen molar-refractivity contribution in [1.82, 2.24) is 24.5 Å². The van der Waals surface area contributed by atoms with Crippen LogP contribution in [-0.2, 0) is 0 Å². The zero-order valence-corrected chi connectivity index (χ0v) is 31.3. The van der Waals surface area contributed by atoms with Crippen LogP contribution in [0.4, 0.5) is 22.0 Å². The summed E-state index contributed by atoms with van der Waals surface area (Å²) in [5.74, 6) is -1.08. The van der Waals surface area contributed by atoms with Crippen molar-refractivity contribution in [2.75, 3.05) is 65.4 Å². The van der Waals surface area contributed by atoms with Crippen LogP contribution in [0.2, 0.25) is 0 Å². The normalized spacial score (nSPS) is 25.2. The number of likely N-dealkylation sites (tertiary alicyclic amines) is 5. The second-order valence-electron chi connectivity index (χ2n) is 16.5. The Bertz CT molecular complexity index is 834. The molecule has 0 radical (unpaired) electrons. The summed E-state index contributed by atoms with van der Waals surface area (Å²) < 4.78 is 60.6. The Morgan fingerprint density at radius 3 is 1.15 bits per heavy atom. The first kappa shape index (κ1) is 41.6. The maximum Gasteiger partial charge on any atom is 0.394 e. The minimum atomic E-state index is -3.98. The molecule has 6 rings (SSSR count). The second kappa shape index (κ2) is 17.9. The predicted octanol–water partition coefficient (Wildman–Crippen LogP) is 7.75. The van der Waals surface area contributed by atoms with Crippen LogP contribution in [-0.4, -0.2) is 138 Å². The van der Waals surface area contributed by atoms with Gasteiger partial charge in [-0.05, 0) is 127 Å². The van der Waals surface area contributed by atoms with Gasteiger partial charge in [0.2, 0.25) is 0 Å². The predicted molar refractivity (Wildman–Crippen MR) is 183 cm³/mol. The highest BCUT2D eigenvalue weighted by Gasteiger charge is 2.47. The molecule has 1 aliphatic carbocycles. The van der Waals surface area contributed by atoms with Gasteiger partial charge in [0.15, 0.2) is 0 Å². The molecule has 6 aliphatic rings. The van der Waals surface area contributed by atoms with Gasteiger partial charge in [-0.3, -0.25) is 14.7 Å². The van der Waals surface area contributed by atoms with Gasteiger partial charge in [0.25, 0.3) is 0 Å². The molecule has 1 spiro atoms. The van der Waals surface area contributed by atoms with E-state index in [4.69, 9.17) is 0 Å². The molecule has 0 atom stereocenters. The lowest BCUT2D eigenvalue weighted by Crippen LogP contribution is -2.59. The molecule has 0 amide bonds. The van der Waals surface area contributed by atoms with E-state index < -0.39 is 23.9 Å². The molecule has 0 N–H and O–H groups in total. The van der Waals surface area contributed by atoms with Crippen LogP contribution in [0.3, 0.4) is 0 Å². The molecule has 10 heteroatoms. The highest BCUT2D eigenvalue weighted by molar-refractivity contribution is 4.96. The van der Waals surface area contributed by atoms with E-state index >= 15 is 0 Å². The first-order valence-electron chi connectivity index (χ1n) is 18.2. The standard InChI is InChI=1S/C10H19N.C7H12F3N.C7H14FN.C6H12FN.C6H13N/c1-9(2)11-7-6-10(8-11)4-3-5-10;1-5(2)11-3-6(4-11)7(8,9)10;1-6(2)9-4-7(3,8)5-9;1-5(2)8-3-6(7)4-8;1-6(2)7-4-3-5-7/h9H,3-8H2,1-2H3;5-6H,3-4H2,1-2H3;6H,4-5H2,1-3H3;5-6H,3-4H2,1-2H3;6H,3-5H2,1-2H3. The topological polar surface area (TPSA) is 16.2 Å². The summed E-state index contributed by atoms with van der Waals surface area (Å²) in [6.45, 7) is 31.3. The Morgan fingerprint density at radius 2 is 0.978 bits per heavy atom. The van der Waals surface area contributed by atoms with E-state index in [2.05, 4.69) is 75.0 Å². The largest absolute Gasteiger partial charge is 0.394 e. The molecule has 0 aromatic rings. The molecule has 0 unspecified atom stereocenters. The van der Waals surface area contributed by atoms with Crippen molar-refractivity contribution in [1.29, 1.82) is 0 Å². The lowest BCUT2D eigenvalue weighted by Gasteiger charge is -2.44. The lowest BCUT2D eigenvalue weighted by molar-refractivity contribution is -0.212. The van der Waals surface area contributed by atoms with Crippen molar-refractivity contribution >= 4 is 0 Å². The van der Waals surface area contributed by atoms with E-state index in [1.807, 2.05) is 18.7 Å². The Balaban J connectivity index is 0.000000202. The Kier molecular flexibility index (Phi) is 16.2. The number of hydrogen-bond acceptors (Lipinski definition) is 5. The van der Waals surface area contributed by atoms with Crippen molar-refractivity contribution in [3.8, 4) is 0 Å². The van der Waals surface area contributed by atoms with Gasteiger partial charge in [0.05, 0.1) is 5.92 Å². The van der Waals surface area contributed by atoms with Gasteiger partial charge >= 0.3 is 6.18 Å². The zero-order valence-electron chi connectivity index (χ0n) is 31.3. The van der Waals surface area contributed by atoms with E-state index in [1.165, 1.54) is 58.3 Å². The smallest absolute Gasteiger partial charge is 0.301 e. The quantitative estimate of drug-likeness (QED) is 0.278. The van der Waals surface area contributed by atoms with Crippen molar-refractivity contribution < 1.29 is 22.0 Å². The van der Waals surface area contributed by atoms with E-state index in [9.17, 15) is 22.0 Å². The van der Waals surface area contributed by atoms with Gasteiger partial charge in [0.1, 0.15) is 11.8 Å². The van der Waals surface area contributed by atoms with Crippen LogP contribution >= 0.6 is 0 Å². The first-order chi connectivity index (χ1) is 21.1. The molecule has 0 bridgehead atoms. The molecule has 5 nitrogen and oxygen atoms in total. The average molecular weight is 668 g/mol. The lowest BCUT2D eigenvalue weighted by atomic mass is 9.68. The molecule has 5 aliphatic heterocycles. The van der Waals surface area contributed by atoms with E-state index in [0.29, 0.717) is 38.3 Å². The molecule has 5 saturated heterocycles. The van der Waals surface area contributed by atoms with Crippen LogP contribution in [0.25, 0.3) is 0 Å². The van der Waals surface area contributed by atoms with E-state index in [1.54, 1.807) is 6.92 Å². The van der Waals surface area contributed by atoms with Gasteiger partial charge in [-0.2, -0.15) is 13.2 Å². The van der Waals surface area contributed by atoms with Crippen LogP contribution in [0.5, 0.6) is 0 Å². The first-order valence-corrected chi connectivity index (χ1v) is 18.2. The number of hydrogen-bond donors (Lipinski definition) is 0. The molecule has 0 aromatic heterocycles. The maximum absolute atomic E-state index is 12.8. The molecule has 0 aromatic carbocycles. The van der Waals surface area contributed by atoms with Crippen molar-refractivity contribution in [2.45, 2.75) is 156 Å². The van der Waals surface area contributed by atoms with E-state index in [0.717, 1.165) is 17.5 Å². The van der Waals surface area contributed by atoms with Crippen LogP contribution in [0.1, 0.15) is 108 Å². The number of rotatable bonds is 5. The van der Waals surface area contributed by atoms with Gasteiger partial charge in [-0.1, -0.05) is 6.42 Å². The van der Waals surface area contributed by atoms with E-state index in [-0.39, 0.29) is 19.1 Å². The van der Waals surface area contributed by atoms with Crippen LogP contribution < -0.4 is 0 Å². The fourth-order valence-corrected chi connectivity index (χ4v) is 6.54. The third-order valence-corrected chi connectivity index (χ3v) is 10.7. The minimum Gasteiger partial charge on any atom is -0.301 e. The summed E-state index contributed by atoms with van der Waals surface area (Å²) >= 11 is 0. The van der Waals surface area contributed by atoms with Crippen LogP contribution in [0.15, 0.2) is 0 Å². The summed E-state index contributed by atoms with van der Waals surface area (Å²) in [7, 11) is 0. The average Bonchev–Trinajstić information content (AvgIpc) is 3.25. The Hall–Kier alpha value is -0.550. The zero-order chi connectivity index (χ0) is 35.0. The molecule has 274 valence electrons. The minimum absolute atomic E-state index is 0.182. The molecule has 5 heterocycles. The summed E-state index contributed by atoms with van der Waals surface area (Å²) in [6.07, 6.45) is 2.88. The summed E-state index contributed by atoms with van der Waals surface area (Å²) in [4.78, 5) is 11.2. The Labute approximate surface area is 279 Å². The monoisotopic (exact) mass is 668 g/mol. The summed E-state index contributed by atoms with van der Waals surface area (Å²) in [6, 6.07) is 2.84. The third kappa shape index (κ3) is 13.4. The second-order valence-corrected chi connectivity index (χ2v) is 16.5. The van der Waals surface area contributed by atoms with Gasteiger partial charge < -0.3 is 9.80 Å². The molecule has 6 fully saturated rings. The summed E-state index contributed by atoms with van der Waals surface area (Å²) in [5.41, 5.74) is -0.103. The SMILES string of the molecule is CC(C)N1CC(C(F)(F)F)C1.CC(C)N1CC(C)(F)C1.CC(C)N1CC(F)C1.CC(C)N1CCC1.CC(C)N1CCC2(CCC2)C1. The fourth-order valence-electron chi connectivity index (χ4n) is 6.54. The molecule has 46 heavy (non-hydrogen) atoms. The summed E-state index contributed by atoms with van der Waals surface area (Å²) in [5, 5.41) is 0. The maximum atomic E-state index is 12.8. The number of nitrogens with zero attached hydrogens (tertiary/aromatic N) is 5. The van der Waals surface area contributed by atoms with Crippen molar-refractivity contribution in [3.05, 3.63) is 0 Å². The highest BCUT2D eigenvalue weighted by atomic mass is 19.4. The van der Waals surface area contributed by atoms with Crippen molar-refractivity contribution in [2.24, 2.45) is 11.3 Å². The molecular weight excluding hydrogens is 597 g/mol. The van der Waals surface area contributed by atoms with Crippen LogP contribution in [0, 0.1) is 11.3 Å². The number of alkyl halides is 5. The third-order valence-electron chi connectivity index (χ3n) is 10.7. The Morgan fingerprint density at radius 1 is 0.543 bits per heavy atom. The molecule has 1 saturated carbocycles. The van der Waals surface area contributed by atoms with Crippen molar-refractivity contribution in [3.63, 3.8) is 0 Å². The van der Waals surface area contributed by atoms with Gasteiger partial charge in [-0.25, -0.2) is 8.78 Å².